The average Bonchev–Trinajstić information content (AvgIpc) is 3.59. The molecule has 0 aliphatic carbocycles. The van der Waals surface area contributed by atoms with Crippen molar-refractivity contribution >= 4 is 29.7 Å². The molecule has 6 atom stereocenters. The van der Waals surface area contributed by atoms with Gasteiger partial charge in [-0.3, -0.25) is 19.2 Å². The Morgan fingerprint density at radius 3 is 2.32 bits per heavy atom. The van der Waals surface area contributed by atoms with Crippen LogP contribution < -0.4 is 5.32 Å². The monoisotopic (exact) mass is 573 g/mol. The molecule has 0 aromatic heterocycles. The van der Waals surface area contributed by atoms with Gasteiger partial charge in [-0.15, -0.1) is 0 Å². The van der Waals surface area contributed by atoms with Gasteiger partial charge in [0.1, 0.15) is 17.7 Å². The van der Waals surface area contributed by atoms with Gasteiger partial charge in [0, 0.05) is 26.4 Å². The molecule has 2 fully saturated rings. The highest BCUT2D eigenvalue weighted by Gasteiger charge is 2.53. The molecular formula is C30H43N3O8. The average molecular weight is 574 g/mol. The van der Waals surface area contributed by atoms with Crippen molar-refractivity contribution in [3.63, 3.8) is 0 Å². The summed E-state index contributed by atoms with van der Waals surface area (Å²) in [5.41, 5.74) is 0.511. The van der Waals surface area contributed by atoms with E-state index in [-0.39, 0.29) is 18.2 Å². The second-order valence-electron chi connectivity index (χ2n) is 11.3. The van der Waals surface area contributed by atoms with Crippen LogP contribution in [0.4, 0.5) is 0 Å². The van der Waals surface area contributed by atoms with Crippen LogP contribution in [0.15, 0.2) is 24.3 Å². The number of rotatable bonds is 10. The molecule has 41 heavy (non-hydrogen) atoms. The highest BCUT2D eigenvalue weighted by Crippen LogP contribution is 2.36. The fraction of sp³-hybridized carbons (Fsp3) is 0.633. The molecule has 11 heteroatoms. The topological polar surface area (TPSA) is 143 Å². The van der Waals surface area contributed by atoms with Crippen LogP contribution in [-0.4, -0.2) is 94.6 Å². The number of ether oxygens (including phenoxy) is 2. The fourth-order valence-corrected chi connectivity index (χ4v) is 5.78. The SMILES string of the molecule is COC(=O)C(NC(=O)C1(Cc2ccc(C)cc2)CCCN1C(=O)[C@@H]1CCCN1C(=O)C(C)[C@@H](C)O)[C@@H](C)OC(C)=O. The molecule has 0 saturated carbocycles. The first-order valence-corrected chi connectivity index (χ1v) is 14.2. The first-order valence-electron chi connectivity index (χ1n) is 14.2. The Hall–Kier alpha value is -3.47. The molecule has 226 valence electrons. The smallest absolute Gasteiger partial charge is 0.332 e. The van der Waals surface area contributed by atoms with Gasteiger partial charge >= 0.3 is 11.9 Å². The van der Waals surface area contributed by atoms with E-state index >= 15 is 0 Å². The number of nitrogens with zero attached hydrogens (tertiary/aromatic N) is 2. The van der Waals surface area contributed by atoms with Gasteiger partial charge in [-0.25, -0.2) is 4.79 Å². The molecule has 11 nitrogen and oxygen atoms in total. The van der Waals surface area contributed by atoms with E-state index in [4.69, 9.17) is 9.47 Å². The Kier molecular flexibility index (Phi) is 10.5. The predicted molar refractivity (Wildman–Crippen MR) is 149 cm³/mol. The van der Waals surface area contributed by atoms with Gasteiger partial charge in [0.15, 0.2) is 6.04 Å². The normalized spacial score (nSPS) is 23.3. The number of aryl methyl sites for hydroxylation is 1. The molecule has 0 bridgehead atoms. The van der Waals surface area contributed by atoms with Crippen molar-refractivity contribution in [1.82, 2.24) is 15.1 Å². The first-order chi connectivity index (χ1) is 19.3. The van der Waals surface area contributed by atoms with Gasteiger partial charge < -0.3 is 29.7 Å². The Bertz CT molecular complexity index is 1140. The molecule has 2 N–H and O–H groups in total. The van der Waals surface area contributed by atoms with Gasteiger partial charge in [0.2, 0.25) is 17.7 Å². The molecule has 0 spiro atoms. The molecule has 3 unspecified atom stereocenters. The molecule has 1 aromatic rings. The third-order valence-electron chi connectivity index (χ3n) is 8.29. The van der Waals surface area contributed by atoms with Crippen LogP contribution in [-0.2, 0) is 39.9 Å². The van der Waals surface area contributed by atoms with Crippen molar-refractivity contribution in [2.24, 2.45) is 5.92 Å². The Morgan fingerprint density at radius 2 is 1.73 bits per heavy atom. The summed E-state index contributed by atoms with van der Waals surface area (Å²) in [5, 5.41) is 12.7. The van der Waals surface area contributed by atoms with Crippen molar-refractivity contribution < 1.29 is 38.6 Å². The van der Waals surface area contributed by atoms with Gasteiger partial charge in [0.25, 0.3) is 0 Å². The summed E-state index contributed by atoms with van der Waals surface area (Å²) < 4.78 is 10.1. The van der Waals surface area contributed by atoms with E-state index in [0.29, 0.717) is 38.8 Å². The van der Waals surface area contributed by atoms with Crippen molar-refractivity contribution in [3.05, 3.63) is 35.4 Å². The summed E-state index contributed by atoms with van der Waals surface area (Å²) in [6.45, 7) is 8.51. The number of nitrogens with one attached hydrogen (secondary N) is 1. The maximum absolute atomic E-state index is 14.2. The number of hydrogen-bond donors (Lipinski definition) is 2. The molecule has 0 radical (unpaired) electrons. The van der Waals surface area contributed by atoms with E-state index in [2.05, 4.69) is 5.32 Å². The zero-order valence-electron chi connectivity index (χ0n) is 24.8. The number of methoxy groups -OCH3 is 1. The molecule has 2 aliphatic rings. The molecule has 3 rings (SSSR count). The third-order valence-corrected chi connectivity index (χ3v) is 8.29. The van der Waals surface area contributed by atoms with Crippen molar-refractivity contribution in [2.45, 2.75) is 96.6 Å². The number of hydrogen-bond acceptors (Lipinski definition) is 8. The lowest BCUT2D eigenvalue weighted by molar-refractivity contribution is -0.159. The van der Waals surface area contributed by atoms with Crippen LogP contribution in [0.2, 0.25) is 0 Å². The first kappa shape index (κ1) is 32.0. The summed E-state index contributed by atoms with van der Waals surface area (Å²) in [6, 6.07) is 5.61. The number of likely N-dealkylation sites (tertiary alicyclic amines) is 2. The largest absolute Gasteiger partial charge is 0.467 e. The quantitative estimate of drug-likeness (QED) is 0.401. The van der Waals surface area contributed by atoms with Gasteiger partial charge in [-0.2, -0.15) is 0 Å². The molecule has 2 saturated heterocycles. The second-order valence-corrected chi connectivity index (χ2v) is 11.3. The number of benzene rings is 1. The lowest BCUT2D eigenvalue weighted by atomic mass is 9.85. The summed E-state index contributed by atoms with van der Waals surface area (Å²) >= 11 is 0. The number of amides is 3. The standard InChI is InChI=1S/C30H43N3O8/c1-18-10-12-23(13-11-18)17-30(29(39)31-25(28(38)40-6)21(4)41-22(5)35)14-8-16-33(30)27(37)24-9-7-15-32(24)26(36)19(2)20(3)34/h10-13,19-21,24-25,34H,7-9,14-17H2,1-6H3,(H,31,39)/t19?,20-,21-,24+,25?,30?/m1/s1. The number of aliphatic hydroxyl groups is 1. The maximum atomic E-state index is 14.2. The highest BCUT2D eigenvalue weighted by atomic mass is 16.6. The Morgan fingerprint density at radius 1 is 1.07 bits per heavy atom. The summed E-state index contributed by atoms with van der Waals surface area (Å²) in [5.74, 6) is -3.28. The minimum Gasteiger partial charge on any atom is -0.467 e. The molecular weight excluding hydrogens is 530 g/mol. The van der Waals surface area contributed by atoms with Crippen LogP contribution in [0.3, 0.4) is 0 Å². The van der Waals surface area contributed by atoms with Crippen LogP contribution in [0.1, 0.15) is 64.5 Å². The van der Waals surface area contributed by atoms with Gasteiger partial charge in [-0.1, -0.05) is 36.8 Å². The van der Waals surface area contributed by atoms with E-state index in [9.17, 15) is 29.1 Å². The number of carbonyl (C=O) groups excluding carboxylic acids is 5. The fourth-order valence-electron chi connectivity index (χ4n) is 5.78. The number of esters is 2. The van der Waals surface area contributed by atoms with Crippen LogP contribution >= 0.6 is 0 Å². The van der Waals surface area contributed by atoms with Crippen molar-refractivity contribution in [1.29, 1.82) is 0 Å². The zero-order valence-corrected chi connectivity index (χ0v) is 24.8. The van der Waals surface area contributed by atoms with E-state index in [1.165, 1.54) is 25.9 Å². The summed E-state index contributed by atoms with van der Waals surface area (Å²) in [6.07, 6.45) is 0.249. The minimum atomic E-state index is -1.36. The van der Waals surface area contributed by atoms with Crippen LogP contribution in [0.25, 0.3) is 0 Å². The lowest BCUT2D eigenvalue weighted by Gasteiger charge is -2.41. The predicted octanol–water partition coefficient (Wildman–Crippen LogP) is 1.52. The van der Waals surface area contributed by atoms with Crippen LogP contribution in [0, 0.1) is 12.8 Å². The molecule has 3 amide bonds. The highest BCUT2D eigenvalue weighted by molar-refractivity contribution is 5.97. The van der Waals surface area contributed by atoms with E-state index in [0.717, 1.165) is 11.1 Å². The maximum Gasteiger partial charge on any atom is 0.332 e. The summed E-state index contributed by atoms with van der Waals surface area (Å²) in [4.78, 5) is 69.0. The van der Waals surface area contributed by atoms with Crippen molar-refractivity contribution in [2.75, 3.05) is 20.2 Å². The number of aliphatic hydroxyl groups excluding tert-OH is 1. The third kappa shape index (κ3) is 7.06. The molecule has 1 aromatic carbocycles. The van der Waals surface area contributed by atoms with Gasteiger partial charge in [-0.05, 0) is 52.0 Å². The van der Waals surface area contributed by atoms with Crippen LogP contribution in [0.5, 0.6) is 0 Å². The number of carbonyl (C=O) groups is 5. The van der Waals surface area contributed by atoms with Crippen molar-refractivity contribution in [3.8, 4) is 0 Å². The molecule has 2 heterocycles. The van der Waals surface area contributed by atoms with E-state index in [1.54, 1.807) is 18.7 Å². The molecule has 2 aliphatic heterocycles. The Labute approximate surface area is 241 Å². The minimum absolute atomic E-state index is 0.186. The Balaban J connectivity index is 2.00. The zero-order chi connectivity index (χ0) is 30.5. The van der Waals surface area contributed by atoms with Gasteiger partial charge in [0.05, 0.1) is 19.1 Å². The van der Waals surface area contributed by atoms with E-state index in [1.807, 2.05) is 31.2 Å². The second kappa shape index (κ2) is 13.5. The van der Waals surface area contributed by atoms with E-state index < -0.39 is 53.6 Å². The summed E-state index contributed by atoms with van der Waals surface area (Å²) in [7, 11) is 1.18. The lowest BCUT2D eigenvalue weighted by Crippen LogP contribution is -2.64.